The number of halogens is 1. The van der Waals surface area contributed by atoms with E-state index in [-0.39, 0.29) is 23.8 Å². The van der Waals surface area contributed by atoms with Crippen LogP contribution in [0.15, 0.2) is 4.42 Å². The third-order valence-electron chi connectivity index (χ3n) is 1.66. The molecule has 0 saturated heterocycles. The second-order valence-corrected chi connectivity index (χ2v) is 3.80. The number of hydrogen-bond acceptors (Lipinski definition) is 5. The molecule has 0 aliphatic heterocycles. The Bertz CT molecular complexity index is 340. The molecule has 0 atom stereocenters. The second-order valence-electron chi connectivity index (χ2n) is 3.53. The Morgan fingerprint density at radius 2 is 2.25 bits per heavy atom. The minimum absolute atomic E-state index is 0.0143. The third-order valence-corrected chi connectivity index (χ3v) is 1.89. The molecule has 1 aromatic rings. The number of hydrogen-bond donors (Lipinski definition) is 2. The fourth-order valence-electron chi connectivity index (χ4n) is 1.06. The lowest BCUT2D eigenvalue weighted by molar-refractivity contribution is -0.121. The van der Waals surface area contributed by atoms with Crippen LogP contribution in [-0.2, 0) is 10.7 Å². The highest BCUT2D eigenvalue weighted by Gasteiger charge is 2.06. The quantitative estimate of drug-likeness (QED) is 0.736. The van der Waals surface area contributed by atoms with E-state index in [1.807, 2.05) is 13.8 Å². The van der Waals surface area contributed by atoms with Gasteiger partial charge in [-0.3, -0.25) is 4.79 Å². The van der Waals surface area contributed by atoms with E-state index >= 15 is 0 Å². The van der Waals surface area contributed by atoms with Crippen molar-refractivity contribution >= 4 is 23.5 Å². The van der Waals surface area contributed by atoms with Crippen molar-refractivity contribution in [2.24, 2.45) is 0 Å². The van der Waals surface area contributed by atoms with Gasteiger partial charge >= 0.3 is 6.01 Å². The summed E-state index contributed by atoms with van der Waals surface area (Å²) in [5, 5.41) is 13.0. The molecule has 0 saturated carbocycles. The van der Waals surface area contributed by atoms with Gasteiger partial charge in [0.1, 0.15) is 5.88 Å². The molecule has 0 unspecified atom stereocenters. The van der Waals surface area contributed by atoms with Crippen molar-refractivity contribution in [2.75, 3.05) is 11.9 Å². The largest absolute Gasteiger partial charge is 0.407 e. The van der Waals surface area contributed by atoms with E-state index < -0.39 is 0 Å². The summed E-state index contributed by atoms with van der Waals surface area (Å²) in [6, 6.07) is 0.437. The molecular weight excluding hydrogens is 232 g/mol. The van der Waals surface area contributed by atoms with Crippen molar-refractivity contribution in [3.8, 4) is 0 Å². The molecule has 7 heteroatoms. The number of alkyl halides is 1. The van der Waals surface area contributed by atoms with Gasteiger partial charge in [-0.05, 0) is 13.8 Å². The molecule has 6 nitrogen and oxygen atoms in total. The normalized spacial score (nSPS) is 10.5. The average Bonchev–Trinajstić information content (AvgIpc) is 2.64. The van der Waals surface area contributed by atoms with Crippen LogP contribution in [0, 0.1) is 0 Å². The number of amides is 1. The minimum atomic E-state index is -0.0143. The van der Waals surface area contributed by atoms with E-state index in [0.29, 0.717) is 18.9 Å². The molecule has 0 aliphatic carbocycles. The molecule has 0 aromatic carbocycles. The van der Waals surface area contributed by atoms with Crippen LogP contribution in [0.4, 0.5) is 6.01 Å². The van der Waals surface area contributed by atoms with Crippen LogP contribution in [0.3, 0.4) is 0 Å². The van der Waals surface area contributed by atoms with Gasteiger partial charge < -0.3 is 15.1 Å². The van der Waals surface area contributed by atoms with E-state index in [4.69, 9.17) is 16.0 Å². The smallest absolute Gasteiger partial charge is 0.315 e. The van der Waals surface area contributed by atoms with Gasteiger partial charge in [0.05, 0.1) is 0 Å². The van der Waals surface area contributed by atoms with Gasteiger partial charge in [-0.1, -0.05) is 5.10 Å². The highest BCUT2D eigenvalue weighted by Crippen LogP contribution is 2.06. The maximum atomic E-state index is 11.3. The maximum absolute atomic E-state index is 11.3. The number of anilines is 1. The minimum Gasteiger partial charge on any atom is -0.407 e. The van der Waals surface area contributed by atoms with Crippen molar-refractivity contribution in [3.63, 3.8) is 0 Å². The lowest BCUT2D eigenvalue weighted by Crippen LogP contribution is -2.31. The number of aromatic nitrogens is 2. The number of nitrogens with one attached hydrogen (secondary N) is 2. The van der Waals surface area contributed by atoms with E-state index in [9.17, 15) is 4.79 Å². The summed E-state index contributed by atoms with van der Waals surface area (Å²) in [5.74, 6) is 0.526. The second kappa shape index (κ2) is 6.32. The highest BCUT2D eigenvalue weighted by atomic mass is 35.5. The Kier molecular flexibility index (Phi) is 5.04. The molecule has 1 aromatic heterocycles. The van der Waals surface area contributed by atoms with Gasteiger partial charge in [-0.2, -0.15) is 0 Å². The molecular formula is C9H15ClN4O2. The van der Waals surface area contributed by atoms with Gasteiger partial charge in [-0.25, -0.2) is 0 Å². The van der Waals surface area contributed by atoms with E-state index in [0.717, 1.165) is 0 Å². The number of carbonyl (C=O) groups excluding carboxylic acids is 1. The lowest BCUT2D eigenvalue weighted by Gasteiger charge is -2.07. The monoisotopic (exact) mass is 246 g/mol. The molecule has 0 bridgehead atoms. The standard InChI is InChI=1S/C9H15ClN4O2/c1-6(2)12-7(15)3-4-11-9-14-13-8(5-10)16-9/h6H,3-5H2,1-2H3,(H,11,14)(H,12,15). The SMILES string of the molecule is CC(C)NC(=O)CCNc1nnc(CCl)o1. The van der Waals surface area contributed by atoms with Crippen LogP contribution in [0.25, 0.3) is 0 Å². The van der Waals surface area contributed by atoms with Gasteiger partial charge in [0.15, 0.2) is 0 Å². The summed E-state index contributed by atoms with van der Waals surface area (Å²) in [6.45, 7) is 4.27. The van der Waals surface area contributed by atoms with E-state index in [1.165, 1.54) is 0 Å². The topological polar surface area (TPSA) is 80.0 Å². The Balaban J connectivity index is 2.22. The Hall–Kier alpha value is -1.30. The van der Waals surface area contributed by atoms with Crippen LogP contribution in [0.2, 0.25) is 0 Å². The van der Waals surface area contributed by atoms with Crippen LogP contribution >= 0.6 is 11.6 Å². The van der Waals surface area contributed by atoms with Crippen LogP contribution in [-0.4, -0.2) is 28.7 Å². The fourth-order valence-corrected chi connectivity index (χ4v) is 1.16. The van der Waals surface area contributed by atoms with Gasteiger partial charge in [0.25, 0.3) is 0 Å². The zero-order valence-electron chi connectivity index (χ0n) is 9.29. The van der Waals surface area contributed by atoms with E-state index in [2.05, 4.69) is 20.8 Å². The molecule has 16 heavy (non-hydrogen) atoms. The summed E-state index contributed by atoms with van der Waals surface area (Å²) >= 11 is 5.49. The number of carbonyl (C=O) groups is 1. The van der Waals surface area contributed by atoms with E-state index in [1.54, 1.807) is 0 Å². The summed E-state index contributed by atoms with van der Waals surface area (Å²) < 4.78 is 5.10. The van der Waals surface area contributed by atoms with Crippen molar-refractivity contribution in [1.82, 2.24) is 15.5 Å². The molecule has 2 N–H and O–H groups in total. The first-order valence-corrected chi connectivity index (χ1v) is 5.57. The first-order valence-electron chi connectivity index (χ1n) is 5.03. The summed E-state index contributed by atoms with van der Waals surface area (Å²) in [5.41, 5.74) is 0. The molecule has 0 spiro atoms. The molecule has 1 heterocycles. The summed E-state index contributed by atoms with van der Waals surface area (Å²) in [7, 11) is 0. The number of rotatable bonds is 6. The summed E-state index contributed by atoms with van der Waals surface area (Å²) in [6.07, 6.45) is 0.358. The Morgan fingerprint density at radius 3 is 2.81 bits per heavy atom. The molecule has 0 fully saturated rings. The molecule has 90 valence electrons. The molecule has 1 rings (SSSR count). The van der Waals surface area contributed by atoms with Crippen molar-refractivity contribution < 1.29 is 9.21 Å². The Labute approximate surface area is 98.8 Å². The van der Waals surface area contributed by atoms with Gasteiger partial charge in [0.2, 0.25) is 11.8 Å². The zero-order valence-corrected chi connectivity index (χ0v) is 10.0. The third kappa shape index (κ3) is 4.48. The highest BCUT2D eigenvalue weighted by molar-refractivity contribution is 6.16. The summed E-state index contributed by atoms with van der Waals surface area (Å²) in [4.78, 5) is 11.3. The predicted octanol–water partition coefficient (Wildman–Crippen LogP) is 1.13. The predicted molar refractivity (Wildman–Crippen MR) is 60.2 cm³/mol. The average molecular weight is 247 g/mol. The molecule has 0 aliphatic rings. The number of nitrogens with zero attached hydrogens (tertiary/aromatic N) is 2. The van der Waals surface area contributed by atoms with Crippen LogP contribution in [0.1, 0.15) is 26.2 Å². The van der Waals surface area contributed by atoms with Crippen LogP contribution < -0.4 is 10.6 Å². The van der Waals surface area contributed by atoms with Crippen molar-refractivity contribution in [3.05, 3.63) is 5.89 Å². The fraction of sp³-hybridized carbons (Fsp3) is 0.667. The first-order chi connectivity index (χ1) is 7.61. The van der Waals surface area contributed by atoms with Crippen molar-refractivity contribution in [1.29, 1.82) is 0 Å². The molecule has 1 amide bonds. The van der Waals surface area contributed by atoms with Gasteiger partial charge in [0, 0.05) is 19.0 Å². The maximum Gasteiger partial charge on any atom is 0.315 e. The van der Waals surface area contributed by atoms with Crippen LogP contribution in [0.5, 0.6) is 0 Å². The molecule has 0 radical (unpaired) electrons. The van der Waals surface area contributed by atoms with Gasteiger partial charge in [-0.15, -0.1) is 16.7 Å². The first kappa shape index (κ1) is 12.8. The van der Waals surface area contributed by atoms with Crippen molar-refractivity contribution in [2.45, 2.75) is 32.2 Å². The Morgan fingerprint density at radius 1 is 1.50 bits per heavy atom. The zero-order chi connectivity index (χ0) is 12.0. The lowest BCUT2D eigenvalue weighted by atomic mass is 10.3.